The van der Waals surface area contributed by atoms with Crippen LogP contribution < -0.4 is 0 Å². The van der Waals surface area contributed by atoms with Gasteiger partial charge in [0.2, 0.25) is 0 Å². The molecule has 0 aliphatic rings. The van der Waals surface area contributed by atoms with E-state index in [4.69, 9.17) is 16.4 Å². The van der Waals surface area contributed by atoms with Gasteiger partial charge in [-0.1, -0.05) is 28.9 Å². The first-order chi connectivity index (χ1) is 7.80. The predicted octanol–water partition coefficient (Wildman–Crippen LogP) is 3.65. The lowest BCUT2D eigenvalue weighted by Gasteiger charge is -2.13. The lowest BCUT2D eigenvalue weighted by atomic mass is 9.98. The number of hydrogen-bond acceptors (Lipinski definition) is 3. The van der Waals surface area contributed by atoms with Crippen LogP contribution in [0.3, 0.4) is 0 Å². The first kappa shape index (κ1) is 13.7. The number of rotatable bonds is 2. The molecule has 4 heteroatoms. The summed E-state index contributed by atoms with van der Waals surface area (Å²) in [6, 6.07) is 7.22. The largest absolute Gasteiger partial charge is 0.340 e. The van der Waals surface area contributed by atoms with Gasteiger partial charge in [-0.2, -0.15) is 0 Å². The summed E-state index contributed by atoms with van der Waals surface area (Å²) in [7, 11) is 0. The second-order valence-electron chi connectivity index (χ2n) is 4.82. The summed E-state index contributed by atoms with van der Waals surface area (Å²) < 4.78 is 0. The summed E-state index contributed by atoms with van der Waals surface area (Å²) in [5.41, 5.74) is 0.891. The number of nitrogens with zero attached hydrogens (tertiary/aromatic N) is 1. The third-order valence-corrected chi connectivity index (χ3v) is 2.36. The molecule has 1 aromatic rings. The van der Waals surface area contributed by atoms with Crippen molar-refractivity contribution in [1.29, 1.82) is 0 Å². The van der Waals surface area contributed by atoms with E-state index in [-0.39, 0.29) is 5.97 Å². The zero-order valence-electron chi connectivity index (χ0n) is 10.5. The molecule has 0 aromatic heterocycles. The Morgan fingerprint density at radius 2 is 2.00 bits per heavy atom. The molecule has 0 unspecified atom stereocenters. The van der Waals surface area contributed by atoms with Gasteiger partial charge in [0.15, 0.2) is 0 Å². The van der Waals surface area contributed by atoms with Crippen LogP contribution in [-0.4, -0.2) is 11.7 Å². The van der Waals surface area contributed by atoms with Crippen LogP contribution in [0, 0.1) is 5.41 Å². The molecule has 0 atom stereocenters. The summed E-state index contributed by atoms with van der Waals surface area (Å²) in [6.07, 6.45) is 0. The van der Waals surface area contributed by atoms with Gasteiger partial charge in [-0.25, -0.2) is 4.79 Å². The third-order valence-electron chi connectivity index (χ3n) is 2.12. The number of hydrogen-bond donors (Lipinski definition) is 0. The fourth-order valence-corrected chi connectivity index (χ4v) is 1.20. The second kappa shape index (κ2) is 5.32. The van der Waals surface area contributed by atoms with Gasteiger partial charge in [0.05, 0.1) is 11.1 Å². The average Bonchev–Trinajstić information content (AvgIpc) is 2.24. The van der Waals surface area contributed by atoms with E-state index >= 15 is 0 Å². The minimum absolute atomic E-state index is 0.362. The third kappa shape index (κ3) is 4.19. The molecule has 17 heavy (non-hydrogen) atoms. The predicted molar refractivity (Wildman–Crippen MR) is 69.2 cm³/mol. The van der Waals surface area contributed by atoms with Gasteiger partial charge in [0.1, 0.15) is 0 Å². The standard InChI is InChI=1S/C13H16ClNO2/c1-9(10-6-5-7-11(14)8-10)15-17-12(16)13(2,3)4/h5-8H,1-4H3/b15-9+. The number of oxime groups is 1. The Balaban J connectivity index is 2.77. The Morgan fingerprint density at radius 1 is 1.35 bits per heavy atom. The monoisotopic (exact) mass is 253 g/mol. The van der Waals surface area contributed by atoms with Crippen molar-refractivity contribution in [2.45, 2.75) is 27.7 Å². The molecule has 92 valence electrons. The highest BCUT2D eigenvalue weighted by molar-refractivity contribution is 6.31. The first-order valence-corrected chi connectivity index (χ1v) is 5.70. The lowest BCUT2D eigenvalue weighted by Crippen LogP contribution is -2.21. The van der Waals surface area contributed by atoms with E-state index in [1.165, 1.54) is 0 Å². The molecule has 0 radical (unpaired) electrons. The van der Waals surface area contributed by atoms with E-state index in [0.29, 0.717) is 10.7 Å². The molecule has 0 aliphatic heterocycles. The Morgan fingerprint density at radius 3 is 2.53 bits per heavy atom. The van der Waals surface area contributed by atoms with Crippen LogP contribution in [0.4, 0.5) is 0 Å². The second-order valence-corrected chi connectivity index (χ2v) is 5.25. The van der Waals surface area contributed by atoms with Crippen LogP contribution in [0.2, 0.25) is 5.02 Å². The molecule has 0 N–H and O–H groups in total. The van der Waals surface area contributed by atoms with Crippen molar-refractivity contribution in [2.24, 2.45) is 10.6 Å². The molecule has 0 saturated heterocycles. The summed E-state index contributed by atoms with van der Waals surface area (Å²) in [4.78, 5) is 16.4. The van der Waals surface area contributed by atoms with E-state index < -0.39 is 5.41 Å². The van der Waals surface area contributed by atoms with Crippen molar-refractivity contribution in [3.05, 3.63) is 34.9 Å². The van der Waals surface area contributed by atoms with Crippen LogP contribution in [0.15, 0.2) is 29.4 Å². The number of halogens is 1. The molecular weight excluding hydrogens is 238 g/mol. The Bertz CT molecular complexity index is 447. The minimum Gasteiger partial charge on any atom is -0.317 e. The molecule has 1 rings (SSSR count). The zero-order chi connectivity index (χ0) is 13.1. The molecule has 0 bridgehead atoms. The molecule has 0 spiro atoms. The van der Waals surface area contributed by atoms with Crippen LogP contribution in [0.5, 0.6) is 0 Å². The van der Waals surface area contributed by atoms with Crippen molar-refractivity contribution in [1.82, 2.24) is 0 Å². The van der Waals surface area contributed by atoms with Crippen LogP contribution in [0.1, 0.15) is 33.3 Å². The van der Waals surface area contributed by atoms with E-state index in [1.807, 2.05) is 12.1 Å². The number of carbonyl (C=O) groups is 1. The first-order valence-electron chi connectivity index (χ1n) is 5.32. The summed E-state index contributed by atoms with van der Waals surface area (Å²) >= 11 is 5.86. The number of carbonyl (C=O) groups excluding carboxylic acids is 1. The fourth-order valence-electron chi connectivity index (χ4n) is 1.01. The molecule has 0 heterocycles. The SMILES string of the molecule is C/C(=N\OC(=O)C(C)(C)C)c1cccc(Cl)c1. The van der Waals surface area contributed by atoms with Crippen molar-refractivity contribution in [3.63, 3.8) is 0 Å². The van der Waals surface area contributed by atoms with Crippen molar-refractivity contribution in [3.8, 4) is 0 Å². The van der Waals surface area contributed by atoms with E-state index in [2.05, 4.69) is 5.16 Å². The Hall–Kier alpha value is -1.35. The van der Waals surface area contributed by atoms with Crippen molar-refractivity contribution < 1.29 is 9.63 Å². The van der Waals surface area contributed by atoms with Gasteiger partial charge in [0, 0.05) is 10.6 Å². The van der Waals surface area contributed by atoms with Gasteiger partial charge in [0.25, 0.3) is 0 Å². The van der Waals surface area contributed by atoms with E-state index in [0.717, 1.165) is 5.56 Å². The maximum atomic E-state index is 11.5. The molecular formula is C13H16ClNO2. The van der Waals surface area contributed by atoms with Gasteiger partial charge >= 0.3 is 5.97 Å². The van der Waals surface area contributed by atoms with E-state index in [1.54, 1.807) is 39.8 Å². The topological polar surface area (TPSA) is 38.7 Å². The normalized spacial score (nSPS) is 12.4. The molecule has 0 amide bonds. The van der Waals surface area contributed by atoms with Crippen LogP contribution >= 0.6 is 11.6 Å². The average molecular weight is 254 g/mol. The minimum atomic E-state index is -0.557. The summed E-state index contributed by atoms with van der Waals surface area (Å²) in [5, 5.41) is 4.43. The highest BCUT2D eigenvalue weighted by atomic mass is 35.5. The van der Waals surface area contributed by atoms with Gasteiger partial charge in [-0.15, -0.1) is 0 Å². The number of benzene rings is 1. The molecule has 0 saturated carbocycles. The van der Waals surface area contributed by atoms with Crippen LogP contribution in [-0.2, 0) is 9.63 Å². The highest BCUT2D eigenvalue weighted by Crippen LogP contribution is 2.16. The molecule has 3 nitrogen and oxygen atoms in total. The fraction of sp³-hybridized carbons (Fsp3) is 0.385. The lowest BCUT2D eigenvalue weighted by molar-refractivity contribution is -0.152. The Labute approximate surface area is 106 Å². The molecule has 0 fully saturated rings. The maximum absolute atomic E-state index is 11.5. The maximum Gasteiger partial charge on any atom is 0.340 e. The van der Waals surface area contributed by atoms with Crippen molar-refractivity contribution >= 4 is 23.3 Å². The highest BCUT2D eigenvalue weighted by Gasteiger charge is 2.23. The van der Waals surface area contributed by atoms with Crippen molar-refractivity contribution in [2.75, 3.05) is 0 Å². The van der Waals surface area contributed by atoms with Crippen LogP contribution in [0.25, 0.3) is 0 Å². The van der Waals surface area contributed by atoms with E-state index in [9.17, 15) is 4.79 Å². The smallest absolute Gasteiger partial charge is 0.317 e. The van der Waals surface area contributed by atoms with Gasteiger partial charge < -0.3 is 4.84 Å². The van der Waals surface area contributed by atoms with Gasteiger partial charge in [-0.05, 0) is 39.8 Å². The summed E-state index contributed by atoms with van der Waals surface area (Å²) in [5.74, 6) is -0.362. The summed E-state index contributed by atoms with van der Waals surface area (Å²) in [6.45, 7) is 7.10. The zero-order valence-corrected chi connectivity index (χ0v) is 11.2. The molecule has 1 aromatic carbocycles. The Kier molecular flexibility index (Phi) is 4.29. The molecule has 0 aliphatic carbocycles. The quantitative estimate of drug-likeness (QED) is 0.458. The van der Waals surface area contributed by atoms with Gasteiger partial charge in [-0.3, -0.25) is 0 Å².